The number of rotatable bonds is 16. The number of carbonyl (C=O) groups excluding carboxylic acids is 6. The van der Waals surface area contributed by atoms with E-state index in [-0.39, 0.29) is 71.0 Å². The van der Waals surface area contributed by atoms with Crippen LogP contribution in [0.15, 0.2) is 358 Å². The molecular formula is C114H108Br6N6O10. The Balaban J connectivity index is 0.000000138. The van der Waals surface area contributed by atoms with Gasteiger partial charge in [-0.3, -0.25) is 28.8 Å². The third kappa shape index (κ3) is 23.4. The van der Waals surface area contributed by atoms with Crippen LogP contribution in [0.4, 0.5) is 0 Å². The fourth-order valence-electron chi connectivity index (χ4n) is 19.1. The lowest BCUT2D eigenvalue weighted by Crippen LogP contribution is -2.38. The van der Waals surface area contributed by atoms with E-state index >= 15 is 0 Å². The number of methoxy groups -OCH3 is 4. The van der Waals surface area contributed by atoms with Crippen molar-refractivity contribution in [2.75, 3.05) is 67.7 Å². The van der Waals surface area contributed by atoms with Gasteiger partial charge in [0.15, 0.2) is 0 Å². The summed E-state index contributed by atoms with van der Waals surface area (Å²) in [5.74, 6) is 3.85. The lowest BCUT2D eigenvalue weighted by atomic mass is 9.83. The molecule has 0 saturated carbocycles. The average molecular weight is 2200 g/mol. The number of hydrogen-bond donors (Lipinski definition) is 0. The Bertz CT molecular complexity index is 6070. The number of fused-ring (bicyclic) bond motifs is 6. The third-order valence-corrected chi connectivity index (χ3v) is 29.4. The molecular weight excluding hydrogens is 2090 g/mol. The molecule has 6 aliphatic heterocycles. The molecule has 0 aromatic heterocycles. The van der Waals surface area contributed by atoms with Crippen molar-refractivity contribution >= 4 is 131 Å². The molecule has 6 heterocycles. The smallest absolute Gasteiger partial charge is 0.246 e. The molecule has 0 spiro atoms. The fourth-order valence-corrected chi connectivity index (χ4v) is 22.7. The van der Waals surface area contributed by atoms with Crippen LogP contribution in [0.25, 0.3) is 0 Å². The Kier molecular flexibility index (Phi) is 35.5. The maximum absolute atomic E-state index is 12.2. The molecule has 6 amide bonds. The summed E-state index contributed by atoms with van der Waals surface area (Å²) in [5, 5.41) is 0. The van der Waals surface area contributed by atoms with Crippen LogP contribution in [0.2, 0.25) is 0 Å². The SMILES string of the molecule is C=CC(=O)N1Cc2cc(Br)ccc2[C@@H](c2ccccc2OC)C1.C=CC(=O)N1Cc2cc(Br)ccc2[C@H](c2ccccc2OC)C1.C=CC(=O)N1Cc2cccc(Br)c2[C@@H](c2ccccc2C)C1.C=CC(=O)N1Cc2cccc(Br)c2[C@@H](c2ccccc2OC)C1.C=CC(=O)N1Cc2cccc(Br)c2[C@H](c2ccccc2C)C1.C=CC(=O)N1Cc2cccc(Br)c2[C@H](c2ccccc2OC)C1. The highest BCUT2D eigenvalue weighted by Gasteiger charge is 2.38. The molecule has 0 saturated heterocycles. The molecule has 136 heavy (non-hydrogen) atoms. The van der Waals surface area contributed by atoms with Gasteiger partial charge in [0.1, 0.15) is 23.0 Å². The first kappa shape index (κ1) is 101. The van der Waals surface area contributed by atoms with E-state index in [0.717, 1.165) is 94.3 Å². The highest BCUT2D eigenvalue weighted by atomic mass is 79.9. The predicted octanol–water partition coefficient (Wildman–Crippen LogP) is 25.3. The van der Waals surface area contributed by atoms with Crippen molar-refractivity contribution < 1.29 is 47.7 Å². The van der Waals surface area contributed by atoms with E-state index < -0.39 is 0 Å². The van der Waals surface area contributed by atoms with Crippen molar-refractivity contribution in [1.29, 1.82) is 0 Å². The molecule has 18 rings (SSSR count). The van der Waals surface area contributed by atoms with Gasteiger partial charge in [0.05, 0.1) is 28.4 Å². The number of carbonyl (C=O) groups is 6. The average Bonchev–Trinajstić information content (AvgIpc) is 0.761. The van der Waals surface area contributed by atoms with Gasteiger partial charge in [0.2, 0.25) is 35.4 Å². The summed E-state index contributed by atoms with van der Waals surface area (Å²) >= 11 is 21.8. The van der Waals surface area contributed by atoms with E-state index in [0.29, 0.717) is 78.5 Å². The highest BCUT2D eigenvalue weighted by molar-refractivity contribution is 9.11. The Labute approximate surface area is 848 Å². The largest absolute Gasteiger partial charge is 0.496 e. The van der Waals surface area contributed by atoms with Crippen molar-refractivity contribution in [3.8, 4) is 23.0 Å². The molecule has 0 bridgehead atoms. The van der Waals surface area contributed by atoms with Gasteiger partial charge in [0.25, 0.3) is 0 Å². The van der Waals surface area contributed by atoms with Gasteiger partial charge < -0.3 is 48.3 Å². The molecule has 6 aliphatic rings. The van der Waals surface area contributed by atoms with Crippen molar-refractivity contribution in [2.45, 2.75) is 88.6 Å². The van der Waals surface area contributed by atoms with Crippen molar-refractivity contribution in [1.82, 2.24) is 29.4 Å². The topological polar surface area (TPSA) is 159 Å². The first-order chi connectivity index (χ1) is 65.8. The summed E-state index contributed by atoms with van der Waals surface area (Å²) in [5.41, 5.74) is 23.9. The van der Waals surface area contributed by atoms with E-state index in [1.54, 1.807) is 28.4 Å². The van der Waals surface area contributed by atoms with Crippen LogP contribution in [-0.2, 0) is 68.0 Å². The summed E-state index contributed by atoms with van der Waals surface area (Å²) in [6.07, 6.45) is 8.31. The minimum atomic E-state index is -0.0458. The van der Waals surface area contributed by atoms with E-state index in [1.165, 1.54) is 103 Å². The molecule has 696 valence electrons. The zero-order chi connectivity index (χ0) is 97.0. The number of hydrogen-bond acceptors (Lipinski definition) is 10. The van der Waals surface area contributed by atoms with Gasteiger partial charge in [-0.15, -0.1) is 0 Å². The van der Waals surface area contributed by atoms with Crippen molar-refractivity contribution in [2.24, 2.45) is 0 Å². The maximum atomic E-state index is 12.2. The minimum Gasteiger partial charge on any atom is -0.496 e. The van der Waals surface area contributed by atoms with Crippen LogP contribution in [0.5, 0.6) is 23.0 Å². The molecule has 0 aliphatic carbocycles. The molecule has 0 unspecified atom stereocenters. The molecule has 0 fully saturated rings. The lowest BCUT2D eigenvalue weighted by molar-refractivity contribution is -0.127. The predicted molar refractivity (Wildman–Crippen MR) is 564 cm³/mol. The monoisotopic (exact) mass is 2190 g/mol. The quantitative estimate of drug-likeness (QED) is 0.0852. The summed E-state index contributed by atoms with van der Waals surface area (Å²) in [7, 11) is 6.71. The standard InChI is InChI=1S/4C19H18BrNO2.2C19H18BrNO/c2*1-3-18(22)21-11-13-7-6-9-16(20)19(13)15(12-21)14-8-4-5-10-17(14)23-2;2*1-3-19(22)21-11-13-10-14(20)8-9-15(13)17(12-21)16-6-4-5-7-18(16)23-2;2*1-3-18(22)21-11-14-8-6-10-17(20)19(14)16(12-21)15-9-5-4-7-13(15)2/h2*3-10,15H,1,11-12H2,2H3;2*3-10,17H,1,11-12H2,2H3;2*3-10,16H,1,11-12H2,2H3/t2*15-;2*17-;2*16-/m101010/s1. The van der Waals surface area contributed by atoms with E-state index in [2.05, 4.69) is 282 Å². The minimum absolute atomic E-state index is 0.00999. The van der Waals surface area contributed by atoms with E-state index in [4.69, 9.17) is 18.9 Å². The Hall–Kier alpha value is -12.0. The zero-order valence-electron chi connectivity index (χ0n) is 76.9. The summed E-state index contributed by atoms with van der Waals surface area (Å²) < 4.78 is 28.5. The van der Waals surface area contributed by atoms with Crippen LogP contribution >= 0.6 is 95.6 Å². The summed E-state index contributed by atoms with van der Waals surface area (Å²) in [6, 6.07) is 85.9. The second-order valence-electron chi connectivity index (χ2n) is 33.5. The van der Waals surface area contributed by atoms with Crippen LogP contribution in [-0.4, -0.2) is 133 Å². The normalized spacial score (nSPS) is 16.7. The summed E-state index contributed by atoms with van der Waals surface area (Å²) in [6.45, 7) is 33.5. The molecule has 16 nitrogen and oxygen atoms in total. The Morgan fingerprint density at radius 2 is 0.456 bits per heavy atom. The van der Waals surface area contributed by atoms with Crippen LogP contribution in [0.1, 0.15) is 147 Å². The van der Waals surface area contributed by atoms with Crippen LogP contribution in [0, 0.1) is 13.8 Å². The van der Waals surface area contributed by atoms with Crippen molar-refractivity contribution in [3.63, 3.8) is 0 Å². The third-order valence-electron chi connectivity index (χ3n) is 25.6. The number of para-hydroxylation sites is 4. The second kappa shape index (κ2) is 47.6. The van der Waals surface area contributed by atoms with Gasteiger partial charge in [-0.1, -0.05) is 317 Å². The number of halogens is 6. The van der Waals surface area contributed by atoms with E-state index in [1.807, 2.05) is 151 Å². The molecule has 0 N–H and O–H groups in total. The summed E-state index contributed by atoms with van der Waals surface area (Å²) in [4.78, 5) is 83.9. The van der Waals surface area contributed by atoms with Crippen LogP contribution < -0.4 is 18.9 Å². The Morgan fingerprint density at radius 1 is 0.250 bits per heavy atom. The van der Waals surface area contributed by atoms with Gasteiger partial charge in [0, 0.05) is 163 Å². The number of benzene rings is 12. The lowest BCUT2D eigenvalue weighted by Gasteiger charge is -2.35. The molecule has 12 aromatic rings. The number of nitrogens with zero attached hydrogens (tertiary/aromatic N) is 6. The number of aryl methyl sites for hydroxylation is 2. The Morgan fingerprint density at radius 3 is 0.691 bits per heavy atom. The van der Waals surface area contributed by atoms with Gasteiger partial charge in [-0.25, -0.2) is 0 Å². The molecule has 0 radical (unpaired) electrons. The maximum Gasteiger partial charge on any atom is 0.246 e. The van der Waals surface area contributed by atoms with Gasteiger partial charge >= 0.3 is 0 Å². The van der Waals surface area contributed by atoms with E-state index in [9.17, 15) is 28.8 Å². The highest BCUT2D eigenvalue weighted by Crippen LogP contribution is 2.48. The number of amides is 6. The van der Waals surface area contributed by atoms with Gasteiger partial charge in [-0.2, -0.15) is 0 Å². The first-order valence-electron chi connectivity index (χ1n) is 44.6. The zero-order valence-corrected chi connectivity index (χ0v) is 86.5. The molecule has 12 aromatic carbocycles. The van der Waals surface area contributed by atoms with Crippen LogP contribution in [0.3, 0.4) is 0 Å². The molecule has 22 heteroatoms. The van der Waals surface area contributed by atoms with Gasteiger partial charge in [-0.05, 0) is 212 Å². The molecule has 6 atom stereocenters. The first-order valence-corrected chi connectivity index (χ1v) is 49.3. The number of ether oxygens (including phenoxy) is 4. The van der Waals surface area contributed by atoms with Crippen molar-refractivity contribution in [3.05, 3.63) is 469 Å². The second-order valence-corrected chi connectivity index (χ2v) is 38.7. The fraction of sp³-hybridized carbons (Fsp3) is 0.211.